The molecule has 0 radical (unpaired) electrons. The highest BCUT2D eigenvalue weighted by Gasteiger charge is 2.25. The van der Waals surface area contributed by atoms with Crippen molar-refractivity contribution in [2.45, 2.75) is 12.8 Å². The average molecular weight is 241 g/mol. The van der Waals surface area contributed by atoms with E-state index in [1.165, 1.54) is 25.1 Å². The van der Waals surface area contributed by atoms with Gasteiger partial charge in [0.2, 0.25) is 0 Å². The van der Waals surface area contributed by atoms with Crippen LogP contribution in [0.4, 0.5) is 5.82 Å². The maximum Gasteiger partial charge on any atom is 0.337 e. The Kier molecular flexibility index (Phi) is 3.01. The van der Waals surface area contributed by atoms with Crippen molar-refractivity contribution in [3.05, 3.63) is 22.8 Å². The molecule has 0 spiro atoms. The lowest BCUT2D eigenvalue weighted by atomic mass is 10.2. The molecule has 86 valence electrons. The van der Waals surface area contributed by atoms with E-state index < -0.39 is 5.97 Å². The minimum atomic E-state index is -1.02. The first-order chi connectivity index (χ1) is 7.59. The average Bonchev–Trinajstić information content (AvgIpc) is 3.01. The quantitative estimate of drug-likeness (QED) is 0.877. The number of anilines is 1. The second-order valence-corrected chi connectivity index (χ2v) is 4.50. The van der Waals surface area contributed by atoms with E-state index in [2.05, 4.69) is 4.98 Å². The number of carboxylic acid groups (broad SMARTS) is 1. The van der Waals surface area contributed by atoms with Crippen LogP contribution in [-0.4, -0.2) is 29.7 Å². The molecule has 2 rings (SSSR count). The van der Waals surface area contributed by atoms with E-state index in [-0.39, 0.29) is 10.6 Å². The first kappa shape index (κ1) is 11.2. The Labute approximate surface area is 98.9 Å². The zero-order valence-corrected chi connectivity index (χ0v) is 9.74. The molecule has 1 heterocycles. The first-order valence-electron chi connectivity index (χ1n) is 5.18. The Balaban J connectivity index is 2.25. The Morgan fingerprint density at radius 3 is 2.94 bits per heavy atom. The van der Waals surface area contributed by atoms with Crippen LogP contribution in [0.15, 0.2) is 12.3 Å². The van der Waals surface area contributed by atoms with E-state index in [0.29, 0.717) is 11.7 Å². The van der Waals surface area contributed by atoms with Crippen molar-refractivity contribution in [2.75, 3.05) is 18.5 Å². The third kappa shape index (κ3) is 2.27. The van der Waals surface area contributed by atoms with Crippen molar-refractivity contribution in [1.29, 1.82) is 0 Å². The van der Waals surface area contributed by atoms with Crippen molar-refractivity contribution in [3.63, 3.8) is 0 Å². The number of halogens is 1. The topological polar surface area (TPSA) is 53.4 Å². The van der Waals surface area contributed by atoms with Gasteiger partial charge in [0.15, 0.2) is 0 Å². The number of nitrogens with zero attached hydrogens (tertiary/aromatic N) is 2. The largest absolute Gasteiger partial charge is 0.478 e. The zero-order valence-electron chi connectivity index (χ0n) is 8.98. The normalized spacial score (nSPS) is 14.9. The lowest BCUT2D eigenvalue weighted by Gasteiger charge is -2.19. The van der Waals surface area contributed by atoms with Gasteiger partial charge in [-0.05, 0) is 24.8 Å². The maximum atomic E-state index is 10.9. The van der Waals surface area contributed by atoms with Crippen LogP contribution in [0.5, 0.6) is 0 Å². The van der Waals surface area contributed by atoms with E-state index in [9.17, 15) is 4.79 Å². The lowest BCUT2D eigenvalue weighted by Crippen LogP contribution is -2.22. The molecule has 5 heteroatoms. The molecule has 0 atom stereocenters. The third-order valence-electron chi connectivity index (χ3n) is 2.69. The number of carboxylic acids is 1. The molecule has 0 unspecified atom stereocenters. The summed E-state index contributed by atoms with van der Waals surface area (Å²) in [6.45, 7) is 0.885. The van der Waals surface area contributed by atoms with Gasteiger partial charge in [-0.2, -0.15) is 0 Å². The molecular formula is C11H13ClN2O2. The van der Waals surface area contributed by atoms with Gasteiger partial charge in [0.05, 0.1) is 10.6 Å². The van der Waals surface area contributed by atoms with Crippen molar-refractivity contribution >= 4 is 23.4 Å². The fourth-order valence-electron chi connectivity index (χ4n) is 1.64. The summed E-state index contributed by atoms with van der Waals surface area (Å²) in [4.78, 5) is 17.0. The third-order valence-corrected chi connectivity index (χ3v) is 3.06. The zero-order chi connectivity index (χ0) is 11.7. The fraction of sp³-hybridized carbons (Fsp3) is 0.455. The SMILES string of the molecule is CN(CC1CC1)c1nccc(C(=O)O)c1Cl. The molecule has 16 heavy (non-hydrogen) atoms. The predicted octanol–water partition coefficient (Wildman–Crippen LogP) is 2.28. The first-order valence-corrected chi connectivity index (χ1v) is 5.56. The summed E-state index contributed by atoms with van der Waals surface area (Å²) in [7, 11) is 1.89. The van der Waals surface area contributed by atoms with Crippen LogP contribution in [0.1, 0.15) is 23.2 Å². The molecule has 1 aliphatic carbocycles. The number of aromatic carboxylic acids is 1. The Bertz CT molecular complexity index is 418. The summed E-state index contributed by atoms with van der Waals surface area (Å²) in [6, 6.07) is 1.42. The van der Waals surface area contributed by atoms with Crippen LogP contribution in [0.2, 0.25) is 5.02 Å². The maximum absolute atomic E-state index is 10.9. The number of pyridine rings is 1. The van der Waals surface area contributed by atoms with Crippen LogP contribution in [-0.2, 0) is 0 Å². The number of aromatic nitrogens is 1. The van der Waals surface area contributed by atoms with Gasteiger partial charge in [0.25, 0.3) is 0 Å². The number of hydrogen-bond acceptors (Lipinski definition) is 3. The lowest BCUT2D eigenvalue weighted by molar-refractivity contribution is 0.0697. The van der Waals surface area contributed by atoms with Crippen LogP contribution >= 0.6 is 11.6 Å². The Morgan fingerprint density at radius 2 is 2.38 bits per heavy atom. The molecule has 1 saturated carbocycles. The summed E-state index contributed by atoms with van der Waals surface area (Å²) in [5, 5.41) is 9.16. The Hall–Kier alpha value is -1.29. The monoisotopic (exact) mass is 240 g/mol. The standard InChI is InChI=1S/C11H13ClN2O2/c1-14(6-7-2-3-7)10-9(12)8(11(15)16)4-5-13-10/h4-5,7H,2-3,6H2,1H3,(H,15,16). The van der Waals surface area contributed by atoms with Crippen molar-refractivity contribution < 1.29 is 9.90 Å². The molecule has 1 fully saturated rings. The Morgan fingerprint density at radius 1 is 1.69 bits per heavy atom. The van der Waals surface area contributed by atoms with E-state index in [4.69, 9.17) is 16.7 Å². The highest BCUT2D eigenvalue weighted by atomic mass is 35.5. The molecule has 0 amide bonds. The second kappa shape index (κ2) is 4.29. The number of carbonyl (C=O) groups is 1. The molecule has 0 aliphatic heterocycles. The van der Waals surface area contributed by atoms with Crippen LogP contribution < -0.4 is 4.90 Å². The molecule has 1 N–H and O–H groups in total. The van der Waals surface area contributed by atoms with E-state index >= 15 is 0 Å². The summed E-state index contributed by atoms with van der Waals surface area (Å²) in [5.74, 6) is 0.235. The van der Waals surface area contributed by atoms with Gasteiger partial charge in [-0.15, -0.1) is 0 Å². The van der Waals surface area contributed by atoms with Gasteiger partial charge in [-0.25, -0.2) is 9.78 Å². The fourth-order valence-corrected chi connectivity index (χ4v) is 1.98. The molecule has 1 aromatic rings. The summed E-state index contributed by atoms with van der Waals surface area (Å²) < 4.78 is 0. The van der Waals surface area contributed by atoms with Gasteiger partial charge in [0, 0.05) is 19.8 Å². The van der Waals surface area contributed by atoms with Crippen molar-refractivity contribution in [2.24, 2.45) is 5.92 Å². The molecule has 0 saturated heterocycles. The number of hydrogen-bond donors (Lipinski definition) is 1. The highest BCUT2D eigenvalue weighted by Crippen LogP contribution is 2.33. The van der Waals surface area contributed by atoms with E-state index in [1.54, 1.807) is 0 Å². The van der Waals surface area contributed by atoms with E-state index in [0.717, 1.165) is 6.54 Å². The highest BCUT2D eigenvalue weighted by molar-refractivity contribution is 6.35. The molecule has 4 nitrogen and oxygen atoms in total. The second-order valence-electron chi connectivity index (χ2n) is 4.13. The van der Waals surface area contributed by atoms with Crippen molar-refractivity contribution in [3.8, 4) is 0 Å². The molecule has 0 bridgehead atoms. The number of rotatable bonds is 4. The molecule has 1 aromatic heterocycles. The van der Waals surface area contributed by atoms with Gasteiger partial charge >= 0.3 is 5.97 Å². The van der Waals surface area contributed by atoms with Crippen molar-refractivity contribution in [1.82, 2.24) is 4.98 Å². The van der Waals surface area contributed by atoms with Crippen LogP contribution in [0.25, 0.3) is 0 Å². The summed E-state index contributed by atoms with van der Waals surface area (Å²) in [6.07, 6.45) is 3.95. The van der Waals surface area contributed by atoms with Crippen LogP contribution in [0.3, 0.4) is 0 Å². The van der Waals surface area contributed by atoms with Gasteiger partial charge in [0.1, 0.15) is 5.82 Å². The van der Waals surface area contributed by atoms with Gasteiger partial charge in [-0.3, -0.25) is 0 Å². The van der Waals surface area contributed by atoms with E-state index in [1.807, 2.05) is 11.9 Å². The van der Waals surface area contributed by atoms with Gasteiger partial charge < -0.3 is 10.0 Å². The van der Waals surface area contributed by atoms with Crippen LogP contribution in [0, 0.1) is 5.92 Å². The summed E-state index contributed by atoms with van der Waals surface area (Å²) in [5.41, 5.74) is 0.106. The minimum Gasteiger partial charge on any atom is -0.478 e. The molecular weight excluding hydrogens is 228 g/mol. The molecule has 0 aromatic carbocycles. The summed E-state index contributed by atoms with van der Waals surface area (Å²) >= 11 is 6.02. The smallest absolute Gasteiger partial charge is 0.337 e. The minimum absolute atomic E-state index is 0.106. The predicted molar refractivity (Wildman–Crippen MR) is 62.2 cm³/mol. The molecule has 1 aliphatic rings. The van der Waals surface area contributed by atoms with Gasteiger partial charge in [-0.1, -0.05) is 11.6 Å².